The van der Waals surface area contributed by atoms with E-state index in [9.17, 15) is 5.11 Å². The van der Waals surface area contributed by atoms with Crippen LogP contribution >= 0.6 is 0 Å². The Hall–Kier alpha value is -3.54. The average molecular weight is 332 g/mol. The molecule has 0 saturated carbocycles. The molecule has 0 unspecified atom stereocenters. The molecule has 0 spiro atoms. The van der Waals surface area contributed by atoms with E-state index in [0.717, 1.165) is 34.2 Å². The molecule has 2 aromatic carbocycles. The van der Waals surface area contributed by atoms with Gasteiger partial charge in [0.05, 0.1) is 13.3 Å². The van der Waals surface area contributed by atoms with Crippen molar-refractivity contribution in [1.29, 1.82) is 0 Å². The number of nitrogens with zero attached hydrogens (tertiary/aromatic N) is 3. The average Bonchev–Trinajstić information content (AvgIpc) is 3.02. The zero-order valence-electron chi connectivity index (χ0n) is 13.5. The second-order valence-corrected chi connectivity index (χ2v) is 5.51. The van der Waals surface area contributed by atoms with Crippen LogP contribution in [0.1, 0.15) is 0 Å². The van der Waals surface area contributed by atoms with Crippen molar-refractivity contribution < 1.29 is 9.84 Å². The van der Waals surface area contributed by atoms with Gasteiger partial charge in [-0.3, -0.25) is 9.38 Å². The van der Waals surface area contributed by atoms with Gasteiger partial charge in [-0.2, -0.15) is 0 Å². The molecule has 124 valence electrons. The van der Waals surface area contributed by atoms with E-state index >= 15 is 0 Å². The van der Waals surface area contributed by atoms with Crippen molar-refractivity contribution >= 4 is 17.2 Å². The molecular weight excluding hydrogens is 316 g/mol. The van der Waals surface area contributed by atoms with Gasteiger partial charge in [0.2, 0.25) is 0 Å². The summed E-state index contributed by atoms with van der Waals surface area (Å²) in [7, 11) is 1.64. The molecule has 25 heavy (non-hydrogen) atoms. The van der Waals surface area contributed by atoms with E-state index in [0.29, 0.717) is 0 Å². The third kappa shape index (κ3) is 2.85. The molecule has 6 heteroatoms. The number of aromatic nitrogens is 3. The van der Waals surface area contributed by atoms with Gasteiger partial charge in [0, 0.05) is 23.6 Å². The highest BCUT2D eigenvalue weighted by molar-refractivity contribution is 5.79. The van der Waals surface area contributed by atoms with Crippen LogP contribution < -0.4 is 10.1 Å². The van der Waals surface area contributed by atoms with E-state index in [1.165, 1.54) is 0 Å². The summed E-state index contributed by atoms with van der Waals surface area (Å²) < 4.78 is 7.15. The molecule has 0 aliphatic rings. The molecule has 0 aliphatic heterocycles. The molecule has 0 aliphatic carbocycles. The van der Waals surface area contributed by atoms with Crippen molar-refractivity contribution in [1.82, 2.24) is 14.4 Å². The number of phenolic OH excluding ortho intramolecular Hbond substituents is 1. The van der Waals surface area contributed by atoms with Crippen molar-refractivity contribution in [2.75, 3.05) is 12.4 Å². The maximum Gasteiger partial charge on any atom is 0.157 e. The first-order valence-corrected chi connectivity index (χ1v) is 7.77. The van der Waals surface area contributed by atoms with Gasteiger partial charge in [0.1, 0.15) is 23.0 Å². The fourth-order valence-electron chi connectivity index (χ4n) is 2.66. The normalized spacial score (nSPS) is 10.8. The van der Waals surface area contributed by atoms with E-state index in [-0.39, 0.29) is 5.75 Å². The second-order valence-electron chi connectivity index (χ2n) is 5.51. The van der Waals surface area contributed by atoms with Gasteiger partial charge in [0.25, 0.3) is 0 Å². The highest BCUT2D eigenvalue weighted by atomic mass is 16.5. The maximum atomic E-state index is 9.53. The van der Waals surface area contributed by atoms with Gasteiger partial charge in [0.15, 0.2) is 5.65 Å². The zero-order valence-corrected chi connectivity index (χ0v) is 13.5. The van der Waals surface area contributed by atoms with Crippen molar-refractivity contribution in [3.05, 3.63) is 67.1 Å². The van der Waals surface area contributed by atoms with Gasteiger partial charge in [-0.25, -0.2) is 4.98 Å². The highest BCUT2D eigenvalue weighted by Gasteiger charge is 2.14. The van der Waals surface area contributed by atoms with Crippen LogP contribution in [0, 0.1) is 0 Å². The lowest BCUT2D eigenvalue weighted by Gasteiger charge is -2.09. The summed E-state index contributed by atoms with van der Waals surface area (Å²) in [5, 5.41) is 12.9. The number of fused-ring (bicyclic) bond motifs is 1. The molecule has 2 aromatic heterocycles. The van der Waals surface area contributed by atoms with Gasteiger partial charge in [-0.05, 0) is 48.5 Å². The standard InChI is InChI=1S/C19H16N4O2/c1-25-16-8-4-14(5-9-16)21-19-18(13-2-6-15(24)7-3-13)22-17-12-20-10-11-23(17)19/h2-12,21,24H,1H3. The number of rotatable bonds is 4. The van der Waals surface area contributed by atoms with E-state index in [1.807, 2.05) is 47.0 Å². The van der Waals surface area contributed by atoms with Crippen molar-refractivity contribution in [3.8, 4) is 22.8 Å². The van der Waals surface area contributed by atoms with Crippen molar-refractivity contribution in [2.24, 2.45) is 0 Å². The van der Waals surface area contributed by atoms with Crippen molar-refractivity contribution in [3.63, 3.8) is 0 Å². The summed E-state index contributed by atoms with van der Waals surface area (Å²) in [6.45, 7) is 0. The number of phenols is 1. The fraction of sp³-hybridized carbons (Fsp3) is 0.0526. The first-order valence-electron chi connectivity index (χ1n) is 7.77. The Morgan fingerprint density at radius 1 is 1.04 bits per heavy atom. The smallest absolute Gasteiger partial charge is 0.157 e. The maximum absolute atomic E-state index is 9.53. The van der Waals surface area contributed by atoms with Crippen LogP contribution in [-0.2, 0) is 0 Å². The van der Waals surface area contributed by atoms with Crippen LogP contribution in [0.4, 0.5) is 11.5 Å². The molecular formula is C19H16N4O2. The molecule has 6 nitrogen and oxygen atoms in total. The minimum Gasteiger partial charge on any atom is -0.508 e. The summed E-state index contributed by atoms with van der Waals surface area (Å²) in [5.41, 5.74) is 3.34. The number of methoxy groups -OCH3 is 1. The zero-order chi connectivity index (χ0) is 17.2. The molecule has 2 heterocycles. The Kier molecular flexibility index (Phi) is 3.70. The van der Waals surface area contributed by atoms with Gasteiger partial charge < -0.3 is 15.2 Å². The molecule has 0 atom stereocenters. The molecule has 4 aromatic rings. The summed E-state index contributed by atoms with van der Waals surface area (Å²) in [6.07, 6.45) is 5.29. The minimum absolute atomic E-state index is 0.221. The molecule has 0 fully saturated rings. The summed E-state index contributed by atoms with van der Waals surface area (Å²) in [4.78, 5) is 8.81. The van der Waals surface area contributed by atoms with Crippen LogP contribution in [0.3, 0.4) is 0 Å². The number of benzene rings is 2. The monoisotopic (exact) mass is 332 g/mol. The van der Waals surface area contributed by atoms with Gasteiger partial charge in [-0.15, -0.1) is 0 Å². The summed E-state index contributed by atoms with van der Waals surface area (Å²) in [5.74, 6) is 1.85. The number of ether oxygens (including phenoxy) is 1. The van der Waals surface area contributed by atoms with Crippen LogP contribution in [0.2, 0.25) is 0 Å². The van der Waals surface area contributed by atoms with E-state index in [4.69, 9.17) is 4.74 Å². The topological polar surface area (TPSA) is 71.7 Å². The lowest BCUT2D eigenvalue weighted by molar-refractivity contribution is 0.415. The number of hydrogen-bond donors (Lipinski definition) is 2. The SMILES string of the molecule is COc1ccc(Nc2c(-c3ccc(O)cc3)nc3cnccn23)cc1. The minimum atomic E-state index is 0.221. The van der Waals surface area contributed by atoms with E-state index in [2.05, 4.69) is 15.3 Å². The highest BCUT2D eigenvalue weighted by Crippen LogP contribution is 2.32. The molecule has 0 amide bonds. The number of imidazole rings is 1. The Labute approximate surface area is 144 Å². The molecule has 0 saturated heterocycles. The lowest BCUT2D eigenvalue weighted by Crippen LogP contribution is -1.97. The predicted molar refractivity (Wildman–Crippen MR) is 96.4 cm³/mol. The first kappa shape index (κ1) is 15.0. The Morgan fingerprint density at radius 2 is 1.80 bits per heavy atom. The summed E-state index contributed by atoms with van der Waals surface area (Å²) in [6, 6.07) is 14.7. The Balaban J connectivity index is 1.82. The molecule has 4 rings (SSSR count). The lowest BCUT2D eigenvalue weighted by atomic mass is 10.1. The summed E-state index contributed by atoms with van der Waals surface area (Å²) >= 11 is 0. The van der Waals surface area contributed by atoms with Gasteiger partial charge >= 0.3 is 0 Å². The largest absolute Gasteiger partial charge is 0.508 e. The Bertz CT molecular complexity index is 1010. The molecule has 0 bridgehead atoms. The van der Waals surface area contributed by atoms with Gasteiger partial charge in [-0.1, -0.05) is 0 Å². The fourth-order valence-corrected chi connectivity index (χ4v) is 2.66. The number of hydrogen-bond acceptors (Lipinski definition) is 5. The third-order valence-electron chi connectivity index (χ3n) is 3.92. The Morgan fingerprint density at radius 3 is 2.52 bits per heavy atom. The van der Waals surface area contributed by atoms with Crippen LogP contribution in [0.25, 0.3) is 16.9 Å². The molecule has 2 N–H and O–H groups in total. The third-order valence-corrected chi connectivity index (χ3v) is 3.92. The number of nitrogens with one attached hydrogen (secondary N) is 1. The number of anilines is 2. The van der Waals surface area contributed by atoms with E-state index < -0.39 is 0 Å². The quantitative estimate of drug-likeness (QED) is 0.594. The van der Waals surface area contributed by atoms with E-state index in [1.54, 1.807) is 31.6 Å². The van der Waals surface area contributed by atoms with Crippen molar-refractivity contribution in [2.45, 2.75) is 0 Å². The van der Waals surface area contributed by atoms with Crippen LogP contribution in [0.5, 0.6) is 11.5 Å². The predicted octanol–water partition coefficient (Wildman–Crippen LogP) is 3.85. The molecule has 0 radical (unpaired) electrons. The van der Waals surface area contributed by atoms with Crippen LogP contribution in [0.15, 0.2) is 67.1 Å². The number of aromatic hydroxyl groups is 1. The second kappa shape index (κ2) is 6.16. The first-order chi connectivity index (χ1) is 12.2. The van der Waals surface area contributed by atoms with Crippen LogP contribution in [-0.4, -0.2) is 26.6 Å².